The van der Waals surface area contributed by atoms with Crippen molar-refractivity contribution >= 4 is 11.9 Å². The number of ether oxygens (including phenoxy) is 4. The van der Waals surface area contributed by atoms with Gasteiger partial charge in [-0.1, -0.05) is 6.07 Å². The van der Waals surface area contributed by atoms with E-state index in [-0.39, 0.29) is 23.3 Å². The molecule has 1 heterocycles. The summed E-state index contributed by atoms with van der Waals surface area (Å²) < 4.78 is 21.2. The van der Waals surface area contributed by atoms with Crippen LogP contribution < -0.4 is 14.8 Å². The van der Waals surface area contributed by atoms with Gasteiger partial charge < -0.3 is 29.4 Å². The predicted molar refractivity (Wildman–Crippen MR) is 128 cm³/mol. The summed E-state index contributed by atoms with van der Waals surface area (Å²) in [6.45, 7) is 9.79. The van der Waals surface area contributed by atoms with Crippen molar-refractivity contribution in [2.45, 2.75) is 46.3 Å². The number of nitrogens with zero attached hydrogens (tertiary/aromatic N) is 1. The van der Waals surface area contributed by atoms with Crippen molar-refractivity contribution in [1.29, 1.82) is 0 Å². The quantitative estimate of drug-likeness (QED) is 0.529. The van der Waals surface area contributed by atoms with Gasteiger partial charge in [-0.25, -0.2) is 9.59 Å². The Morgan fingerprint density at radius 3 is 2.03 bits per heavy atom. The lowest BCUT2D eigenvalue weighted by Gasteiger charge is -2.23. The SMILES string of the molecule is COC(=O)c1c(C)nc(C)c(C(=O)OC)c1-c1ccc(OCC(O)CNC(C)(C)C)c(OC)c1. The van der Waals surface area contributed by atoms with Gasteiger partial charge in [0.25, 0.3) is 0 Å². The minimum atomic E-state index is -0.731. The maximum Gasteiger partial charge on any atom is 0.340 e. The number of aromatic nitrogens is 1. The summed E-state index contributed by atoms with van der Waals surface area (Å²) in [5.74, 6) is -0.479. The number of aryl methyl sites for hydroxylation is 2. The molecule has 0 aliphatic rings. The first-order chi connectivity index (χ1) is 15.9. The second-order valence-corrected chi connectivity index (χ2v) is 8.85. The van der Waals surface area contributed by atoms with Crippen molar-refractivity contribution < 1.29 is 33.6 Å². The smallest absolute Gasteiger partial charge is 0.340 e. The topological polar surface area (TPSA) is 116 Å². The van der Waals surface area contributed by atoms with E-state index in [1.807, 2.05) is 20.8 Å². The zero-order valence-corrected chi connectivity index (χ0v) is 21.1. The monoisotopic (exact) mass is 474 g/mol. The van der Waals surface area contributed by atoms with Crippen molar-refractivity contribution in [3.63, 3.8) is 0 Å². The third-order valence-electron chi connectivity index (χ3n) is 5.09. The molecule has 9 nitrogen and oxygen atoms in total. The fourth-order valence-electron chi connectivity index (χ4n) is 3.45. The van der Waals surface area contributed by atoms with Crippen LogP contribution in [0.1, 0.15) is 52.9 Å². The maximum atomic E-state index is 12.6. The molecule has 1 atom stereocenters. The number of pyridine rings is 1. The molecule has 0 bridgehead atoms. The number of hydrogen-bond acceptors (Lipinski definition) is 9. The largest absolute Gasteiger partial charge is 0.493 e. The molecule has 9 heteroatoms. The van der Waals surface area contributed by atoms with Crippen LogP contribution in [-0.4, -0.2) is 68.2 Å². The number of rotatable bonds is 9. The average molecular weight is 475 g/mol. The van der Waals surface area contributed by atoms with Gasteiger partial charge in [-0.05, 0) is 52.3 Å². The normalized spacial score (nSPS) is 12.1. The van der Waals surface area contributed by atoms with E-state index >= 15 is 0 Å². The highest BCUT2D eigenvalue weighted by Crippen LogP contribution is 2.37. The minimum Gasteiger partial charge on any atom is -0.493 e. The van der Waals surface area contributed by atoms with Crippen LogP contribution in [0.3, 0.4) is 0 Å². The summed E-state index contributed by atoms with van der Waals surface area (Å²) in [5.41, 5.74) is 1.88. The van der Waals surface area contributed by atoms with Crippen LogP contribution in [0.15, 0.2) is 18.2 Å². The Bertz CT molecular complexity index is 1000. The van der Waals surface area contributed by atoms with Crippen LogP contribution in [-0.2, 0) is 9.47 Å². The molecule has 0 saturated carbocycles. The summed E-state index contributed by atoms with van der Waals surface area (Å²) >= 11 is 0. The third kappa shape index (κ3) is 6.45. The number of benzene rings is 1. The fourth-order valence-corrected chi connectivity index (χ4v) is 3.45. The van der Waals surface area contributed by atoms with Crippen LogP contribution in [0.2, 0.25) is 0 Å². The van der Waals surface area contributed by atoms with E-state index in [2.05, 4.69) is 10.3 Å². The molecule has 186 valence electrons. The molecular weight excluding hydrogens is 440 g/mol. The van der Waals surface area contributed by atoms with Crippen LogP contribution in [0.25, 0.3) is 11.1 Å². The molecule has 1 unspecified atom stereocenters. The molecule has 0 amide bonds. The molecule has 0 saturated heterocycles. The highest BCUT2D eigenvalue weighted by molar-refractivity contribution is 6.07. The van der Waals surface area contributed by atoms with Crippen LogP contribution in [0, 0.1) is 13.8 Å². The van der Waals surface area contributed by atoms with Crippen molar-refractivity contribution in [2.75, 3.05) is 34.5 Å². The van der Waals surface area contributed by atoms with Gasteiger partial charge in [0.05, 0.1) is 43.8 Å². The molecule has 0 aliphatic heterocycles. The van der Waals surface area contributed by atoms with Gasteiger partial charge in [-0.2, -0.15) is 0 Å². The third-order valence-corrected chi connectivity index (χ3v) is 5.09. The second-order valence-electron chi connectivity index (χ2n) is 8.85. The summed E-state index contributed by atoms with van der Waals surface area (Å²) in [6, 6.07) is 5.01. The lowest BCUT2D eigenvalue weighted by Crippen LogP contribution is -2.42. The van der Waals surface area contributed by atoms with E-state index < -0.39 is 18.0 Å². The molecule has 1 aromatic carbocycles. The molecule has 2 rings (SSSR count). The Hall–Kier alpha value is -3.17. The number of aliphatic hydroxyl groups excluding tert-OH is 1. The Morgan fingerprint density at radius 2 is 1.56 bits per heavy atom. The number of β-amino-alcohol motifs (C(OH)–C–C–N with tert-alkyl or cyclic N) is 1. The molecule has 0 aliphatic carbocycles. The first-order valence-corrected chi connectivity index (χ1v) is 10.9. The van der Waals surface area contributed by atoms with Gasteiger partial charge in [-0.3, -0.25) is 4.98 Å². The number of carbonyl (C=O) groups is 2. The van der Waals surface area contributed by atoms with Crippen LogP contribution in [0.4, 0.5) is 0 Å². The number of nitrogens with one attached hydrogen (secondary N) is 1. The molecule has 34 heavy (non-hydrogen) atoms. The van der Waals surface area contributed by atoms with E-state index in [4.69, 9.17) is 18.9 Å². The van der Waals surface area contributed by atoms with Gasteiger partial charge in [0.15, 0.2) is 11.5 Å². The Balaban J connectivity index is 2.50. The molecule has 0 fully saturated rings. The molecule has 0 spiro atoms. The van der Waals surface area contributed by atoms with Gasteiger partial charge in [0.2, 0.25) is 0 Å². The Morgan fingerprint density at radius 1 is 1.00 bits per heavy atom. The number of methoxy groups -OCH3 is 3. The number of aliphatic hydroxyl groups is 1. The number of carbonyl (C=O) groups excluding carboxylic acids is 2. The maximum absolute atomic E-state index is 12.6. The van der Waals surface area contributed by atoms with Gasteiger partial charge in [0.1, 0.15) is 12.7 Å². The molecule has 1 aromatic heterocycles. The molecule has 2 N–H and O–H groups in total. The lowest BCUT2D eigenvalue weighted by atomic mass is 9.92. The van der Waals surface area contributed by atoms with Crippen molar-refractivity contribution in [1.82, 2.24) is 10.3 Å². The highest BCUT2D eigenvalue weighted by Gasteiger charge is 2.28. The van der Waals surface area contributed by atoms with Gasteiger partial charge in [-0.15, -0.1) is 0 Å². The van der Waals surface area contributed by atoms with Gasteiger partial charge >= 0.3 is 11.9 Å². The number of hydrogen-bond donors (Lipinski definition) is 2. The van der Waals surface area contributed by atoms with Crippen LogP contribution >= 0.6 is 0 Å². The first kappa shape index (κ1) is 27.1. The van der Waals surface area contributed by atoms with E-state index in [1.54, 1.807) is 32.0 Å². The number of esters is 2. The molecular formula is C25H34N2O7. The minimum absolute atomic E-state index is 0.0487. The van der Waals surface area contributed by atoms with Crippen molar-refractivity contribution in [3.05, 3.63) is 40.7 Å². The lowest BCUT2D eigenvalue weighted by molar-refractivity contribution is 0.0599. The highest BCUT2D eigenvalue weighted by atomic mass is 16.5. The summed E-state index contributed by atoms with van der Waals surface area (Å²) in [6.07, 6.45) is -0.731. The summed E-state index contributed by atoms with van der Waals surface area (Å²) in [7, 11) is 4.01. The predicted octanol–water partition coefficient (Wildman–Crippen LogP) is 3.08. The fraction of sp³-hybridized carbons (Fsp3) is 0.480. The summed E-state index contributed by atoms with van der Waals surface area (Å²) in [4.78, 5) is 29.6. The van der Waals surface area contributed by atoms with Crippen LogP contribution in [0.5, 0.6) is 11.5 Å². The summed E-state index contributed by atoms with van der Waals surface area (Å²) in [5, 5.41) is 13.5. The van der Waals surface area contributed by atoms with Crippen molar-refractivity contribution in [3.8, 4) is 22.6 Å². The zero-order chi connectivity index (χ0) is 25.6. The Labute approximate surface area is 200 Å². The van der Waals surface area contributed by atoms with Gasteiger partial charge in [0, 0.05) is 17.6 Å². The van der Waals surface area contributed by atoms with E-state index in [1.165, 1.54) is 21.3 Å². The van der Waals surface area contributed by atoms with Crippen molar-refractivity contribution in [2.24, 2.45) is 0 Å². The molecule has 0 radical (unpaired) electrons. The Kier molecular flexibility index (Phi) is 9.00. The zero-order valence-electron chi connectivity index (χ0n) is 21.1. The van der Waals surface area contributed by atoms with E-state index in [0.717, 1.165) is 0 Å². The van der Waals surface area contributed by atoms with E-state index in [0.29, 0.717) is 40.6 Å². The molecule has 2 aromatic rings. The second kappa shape index (κ2) is 11.3. The average Bonchev–Trinajstić information content (AvgIpc) is 2.79. The van der Waals surface area contributed by atoms with E-state index in [9.17, 15) is 14.7 Å². The first-order valence-electron chi connectivity index (χ1n) is 10.9. The standard InChI is InChI=1S/C25H34N2O7/c1-14-20(23(29)32-7)22(21(15(2)27-14)24(30)33-8)16-9-10-18(19(11-16)31-6)34-13-17(28)12-26-25(3,4)5/h9-11,17,26,28H,12-13H2,1-8H3.